The lowest BCUT2D eigenvalue weighted by atomic mass is 9.73. The van der Waals surface area contributed by atoms with Crippen LogP contribution in [-0.4, -0.2) is 39.6 Å². The van der Waals surface area contributed by atoms with Gasteiger partial charge in [-0.05, 0) is 12.8 Å². The van der Waals surface area contributed by atoms with Gasteiger partial charge in [-0.1, -0.05) is 65.2 Å². The van der Waals surface area contributed by atoms with Crippen molar-refractivity contribution in [1.29, 1.82) is 0 Å². The van der Waals surface area contributed by atoms with Gasteiger partial charge in [0, 0.05) is 31.8 Å². The van der Waals surface area contributed by atoms with E-state index in [1.807, 2.05) is 18.5 Å². The lowest BCUT2D eigenvalue weighted by molar-refractivity contribution is -0.156. The highest BCUT2D eigenvalue weighted by molar-refractivity contribution is 6.27. The first kappa shape index (κ1) is 25.7. The minimum absolute atomic E-state index is 0.0417. The molecule has 1 fully saturated rings. The van der Waals surface area contributed by atoms with Crippen molar-refractivity contribution in [3.8, 4) is 0 Å². The number of ether oxygens (including phenoxy) is 2. The zero-order valence-electron chi connectivity index (χ0n) is 19.5. The third-order valence-electron chi connectivity index (χ3n) is 6.63. The largest absolute Gasteiger partial charge is 0.464 e. The fourth-order valence-electron chi connectivity index (χ4n) is 4.31. The van der Waals surface area contributed by atoms with Gasteiger partial charge in [0.1, 0.15) is 23.5 Å². The summed E-state index contributed by atoms with van der Waals surface area (Å²) < 4.78 is 12.8. The van der Waals surface area contributed by atoms with Gasteiger partial charge >= 0.3 is 11.9 Å². The van der Waals surface area contributed by atoms with Crippen molar-refractivity contribution in [2.75, 3.05) is 13.2 Å². The molecule has 7 heteroatoms. The summed E-state index contributed by atoms with van der Waals surface area (Å²) in [7, 11) is 1.89. The molecule has 6 nitrogen and oxygen atoms in total. The number of cyclic esters (lactones) is 1. The molecule has 1 aromatic rings. The molecule has 2 rings (SSSR count). The fourth-order valence-corrected chi connectivity index (χ4v) is 4.77. The van der Waals surface area contributed by atoms with Crippen LogP contribution in [0.1, 0.15) is 90.2 Å². The van der Waals surface area contributed by atoms with E-state index in [4.69, 9.17) is 21.1 Å². The van der Waals surface area contributed by atoms with Gasteiger partial charge in [-0.15, -0.1) is 11.6 Å². The molecule has 0 aromatic carbocycles. The first-order valence-electron chi connectivity index (χ1n) is 11.9. The van der Waals surface area contributed by atoms with Gasteiger partial charge in [0.2, 0.25) is 0 Å². The van der Waals surface area contributed by atoms with Crippen molar-refractivity contribution in [3.05, 3.63) is 18.2 Å². The van der Waals surface area contributed by atoms with Crippen LogP contribution in [0.4, 0.5) is 0 Å². The SMILES string of the molecule is CCCCCCCCCCCC(=O)OC[C@@]1(CC)C(=O)OC[C@@]1(Cl)Cc1cncn1C. The van der Waals surface area contributed by atoms with Crippen LogP contribution < -0.4 is 0 Å². The first-order chi connectivity index (χ1) is 14.9. The van der Waals surface area contributed by atoms with Crippen LogP contribution in [0.5, 0.6) is 0 Å². The number of carbonyl (C=O) groups is 2. The average molecular weight is 455 g/mol. The molecule has 2 atom stereocenters. The van der Waals surface area contributed by atoms with Gasteiger partial charge in [0.15, 0.2) is 0 Å². The molecular formula is C24H39ClN2O4. The van der Waals surface area contributed by atoms with Gasteiger partial charge in [-0.25, -0.2) is 4.98 Å². The number of hydrogen-bond donors (Lipinski definition) is 0. The first-order valence-corrected chi connectivity index (χ1v) is 12.2. The number of alkyl halides is 1. The minimum Gasteiger partial charge on any atom is -0.464 e. The second kappa shape index (κ2) is 12.5. The van der Waals surface area contributed by atoms with Crippen LogP contribution in [0.3, 0.4) is 0 Å². The summed E-state index contributed by atoms with van der Waals surface area (Å²) in [6.45, 7) is 4.18. The predicted molar refractivity (Wildman–Crippen MR) is 122 cm³/mol. The van der Waals surface area contributed by atoms with Crippen molar-refractivity contribution >= 4 is 23.5 Å². The Balaban J connectivity index is 1.79. The zero-order chi connectivity index (χ0) is 22.7. The Morgan fingerprint density at radius 1 is 1.16 bits per heavy atom. The van der Waals surface area contributed by atoms with Crippen molar-refractivity contribution in [1.82, 2.24) is 9.55 Å². The third-order valence-corrected chi connectivity index (χ3v) is 7.23. The molecule has 176 valence electrons. The summed E-state index contributed by atoms with van der Waals surface area (Å²) in [5.41, 5.74) is -0.139. The van der Waals surface area contributed by atoms with E-state index in [2.05, 4.69) is 11.9 Å². The normalized spacial score (nSPS) is 23.2. The van der Waals surface area contributed by atoms with E-state index in [-0.39, 0.29) is 25.2 Å². The van der Waals surface area contributed by atoms with Crippen LogP contribution in [0.15, 0.2) is 12.5 Å². The Morgan fingerprint density at radius 2 is 1.81 bits per heavy atom. The lowest BCUT2D eigenvalue weighted by Gasteiger charge is -2.36. The van der Waals surface area contributed by atoms with E-state index in [1.54, 1.807) is 12.5 Å². The Morgan fingerprint density at radius 3 is 2.39 bits per heavy atom. The number of aromatic nitrogens is 2. The number of esters is 2. The number of nitrogens with zero attached hydrogens (tertiary/aromatic N) is 2. The number of aryl methyl sites for hydroxylation is 1. The smallest absolute Gasteiger partial charge is 0.317 e. The quantitative estimate of drug-likeness (QED) is 0.203. The molecule has 31 heavy (non-hydrogen) atoms. The summed E-state index contributed by atoms with van der Waals surface area (Å²) >= 11 is 6.96. The monoisotopic (exact) mass is 454 g/mol. The molecular weight excluding hydrogens is 416 g/mol. The molecule has 1 aromatic heterocycles. The maximum atomic E-state index is 12.7. The Hall–Kier alpha value is -1.56. The zero-order valence-corrected chi connectivity index (χ0v) is 20.2. The van der Waals surface area contributed by atoms with Crippen LogP contribution >= 0.6 is 11.6 Å². The second-order valence-corrected chi connectivity index (χ2v) is 9.61. The molecule has 2 heterocycles. The van der Waals surface area contributed by atoms with Crippen molar-refractivity contribution in [2.45, 2.75) is 95.8 Å². The molecule has 0 N–H and O–H groups in total. The Labute approximate surface area is 192 Å². The van der Waals surface area contributed by atoms with Crippen LogP contribution in [0.25, 0.3) is 0 Å². The molecule has 1 saturated heterocycles. The van der Waals surface area contributed by atoms with Crippen LogP contribution in [0.2, 0.25) is 0 Å². The Kier molecular flexibility index (Phi) is 10.3. The van der Waals surface area contributed by atoms with Gasteiger partial charge < -0.3 is 14.0 Å². The van der Waals surface area contributed by atoms with Crippen LogP contribution in [-0.2, 0) is 32.5 Å². The number of carbonyl (C=O) groups excluding carboxylic acids is 2. The number of hydrogen-bond acceptors (Lipinski definition) is 5. The number of imidazole rings is 1. The molecule has 0 aliphatic carbocycles. The molecule has 0 amide bonds. The van der Waals surface area contributed by atoms with E-state index in [0.717, 1.165) is 25.0 Å². The standard InChI is InChI=1S/C24H39ClN2O4/c1-4-6-7-8-9-10-11-12-13-14-21(28)30-17-23(5-2)22(29)31-18-24(23,25)15-20-16-26-19-27(20)3/h16,19H,4-15,17-18H2,1-3H3/t23-,24-/m0/s1. The molecule has 1 aliphatic heterocycles. The van der Waals surface area contributed by atoms with E-state index >= 15 is 0 Å². The average Bonchev–Trinajstić information content (AvgIpc) is 3.26. The number of unbranched alkanes of at least 4 members (excludes halogenated alkanes) is 8. The third kappa shape index (κ3) is 6.71. The van der Waals surface area contributed by atoms with E-state index in [1.165, 1.54) is 38.5 Å². The highest BCUT2D eigenvalue weighted by Crippen LogP contribution is 2.48. The maximum absolute atomic E-state index is 12.7. The number of halogens is 1. The van der Waals surface area contributed by atoms with E-state index < -0.39 is 10.3 Å². The van der Waals surface area contributed by atoms with Crippen molar-refractivity contribution in [3.63, 3.8) is 0 Å². The summed E-state index contributed by atoms with van der Waals surface area (Å²) in [5.74, 6) is -0.655. The van der Waals surface area contributed by atoms with Crippen molar-refractivity contribution < 1.29 is 19.1 Å². The molecule has 0 radical (unpaired) electrons. The molecule has 0 saturated carbocycles. The summed E-state index contributed by atoms with van der Waals surface area (Å²) in [6.07, 6.45) is 15.4. The highest BCUT2D eigenvalue weighted by atomic mass is 35.5. The summed E-state index contributed by atoms with van der Waals surface area (Å²) in [6, 6.07) is 0. The summed E-state index contributed by atoms with van der Waals surface area (Å²) in [5, 5.41) is 0. The molecule has 1 aliphatic rings. The van der Waals surface area contributed by atoms with Crippen molar-refractivity contribution in [2.24, 2.45) is 12.5 Å². The van der Waals surface area contributed by atoms with Gasteiger partial charge in [0.25, 0.3) is 0 Å². The predicted octanol–water partition coefficient (Wildman–Crippen LogP) is 5.36. The lowest BCUT2D eigenvalue weighted by Crippen LogP contribution is -2.50. The minimum atomic E-state index is -1.05. The fraction of sp³-hybridized carbons (Fsp3) is 0.792. The Bertz CT molecular complexity index is 708. The second-order valence-electron chi connectivity index (χ2n) is 8.89. The molecule has 0 bridgehead atoms. The molecule has 0 spiro atoms. The number of rotatable bonds is 15. The van der Waals surface area contributed by atoms with Crippen LogP contribution in [0, 0.1) is 5.41 Å². The van der Waals surface area contributed by atoms with E-state index in [0.29, 0.717) is 19.3 Å². The highest BCUT2D eigenvalue weighted by Gasteiger charge is 2.62. The van der Waals surface area contributed by atoms with Gasteiger partial charge in [-0.3, -0.25) is 9.59 Å². The van der Waals surface area contributed by atoms with Gasteiger partial charge in [0.05, 0.1) is 6.33 Å². The summed E-state index contributed by atoms with van der Waals surface area (Å²) in [4.78, 5) is 28.2. The topological polar surface area (TPSA) is 70.4 Å². The maximum Gasteiger partial charge on any atom is 0.317 e. The molecule has 0 unspecified atom stereocenters. The van der Waals surface area contributed by atoms with Gasteiger partial charge in [-0.2, -0.15) is 0 Å². The van der Waals surface area contributed by atoms with E-state index in [9.17, 15) is 9.59 Å².